The molecule has 0 N–H and O–H groups in total. The summed E-state index contributed by atoms with van der Waals surface area (Å²) in [6.45, 7) is 8.75. The number of piperidine rings is 2. The fourth-order valence-electron chi connectivity index (χ4n) is 3.68. The number of rotatable bonds is 3. The van der Waals surface area contributed by atoms with Gasteiger partial charge in [-0.2, -0.15) is 0 Å². The van der Waals surface area contributed by atoms with Crippen LogP contribution < -0.4 is 0 Å². The van der Waals surface area contributed by atoms with Crippen molar-refractivity contribution >= 4 is 0 Å². The second-order valence-corrected chi connectivity index (χ2v) is 6.71. The zero-order chi connectivity index (χ0) is 13.8. The van der Waals surface area contributed by atoms with Crippen LogP contribution in [0, 0.1) is 5.92 Å². The predicted octanol–water partition coefficient (Wildman–Crippen LogP) is 3.38. The third-order valence-corrected chi connectivity index (χ3v) is 5.14. The van der Waals surface area contributed by atoms with Gasteiger partial charge in [0, 0.05) is 12.6 Å². The second kappa shape index (κ2) is 6.73. The van der Waals surface area contributed by atoms with Crippen LogP contribution in [0.4, 0.5) is 0 Å². The summed E-state index contributed by atoms with van der Waals surface area (Å²) < 4.78 is 0. The van der Waals surface area contributed by atoms with E-state index >= 15 is 0 Å². The molecule has 0 atom stereocenters. The number of benzene rings is 1. The Morgan fingerprint density at radius 3 is 2.20 bits per heavy atom. The molecule has 0 aliphatic carbocycles. The van der Waals surface area contributed by atoms with Gasteiger partial charge in [-0.3, -0.25) is 4.90 Å². The predicted molar refractivity (Wildman–Crippen MR) is 84.7 cm³/mol. The van der Waals surface area contributed by atoms with Crippen LogP contribution in [0.2, 0.25) is 0 Å². The van der Waals surface area contributed by atoms with E-state index in [9.17, 15) is 0 Å². The first kappa shape index (κ1) is 14.1. The minimum absolute atomic E-state index is 0.856. The van der Waals surface area contributed by atoms with Crippen LogP contribution in [0.3, 0.4) is 0 Å². The van der Waals surface area contributed by atoms with E-state index in [4.69, 9.17) is 0 Å². The molecule has 0 unspecified atom stereocenters. The molecule has 2 aliphatic heterocycles. The van der Waals surface area contributed by atoms with Crippen molar-refractivity contribution in [2.75, 3.05) is 26.2 Å². The first-order valence-electron chi connectivity index (χ1n) is 8.31. The zero-order valence-electron chi connectivity index (χ0n) is 12.8. The van der Waals surface area contributed by atoms with Crippen LogP contribution in [0.5, 0.6) is 0 Å². The maximum absolute atomic E-state index is 2.76. The highest BCUT2D eigenvalue weighted by Gasteiger charge is 2.26. The topological polar surface area (TPSA) is 6.48 Å². The molecule has 2 heterocycles. The fraction of sp³-hybridized carbons (Fsp3) is 0.667. The normalized spacial score (nSPS) is 24.1. The number of nitrogens with zero attached hydrogens (tertiary/aromatic N) is 2. The van der Waals surface area contributed by atoms with Gasteiger partial charge < -0.3 is 4.90 Å². The quantitative estimate of drug-likeness (QED) is 0.832. The second-order valence-electron chi connectivity index (χ2n) is 6.71. The largest absolute Gasteiger partial charge is 0.300 e. The molecule has 0 aromatic heterocycles. The third-order valence-electron chi connectivity index (χ3n) is 5.14. The number of likely N-dealkylation sites (tertiary alicyclic amines) is 2. The monoisotopic (exact) mass is 272 g/mol. The third kappa shape index (κ3) is 3.62. The lowest BCUT2D eigenvalue weighted by atomic mass is 9.95. The van der Waals surface area contributed by atoms with Crippen LogP contribution in [0.15, 0.2) is 30.3 Å². The highest BCUT2D eigenvalue weighted by Crippen LogP contribution is 2.24. The van der Waals surface area contributed by atoms with Crippen molar-refractivity contribution < 1.29 is 0 Å². The van der Waals surface area contributed by atoms with Crippen molar-refractivity contribution in [2.45, 2.75) is 45.2 Å². The van der Waals surface area contributed by atoms with Gasteiger partial charge in [0.25, 0.3) is 0 Å². The van der Waals surface area contributed by atoms with Crippen molar-refractivity contribution in [3.63, 3.8) is 0 Å². The van der Waals surface area contributed by atoms with Crippen molar-refractivity contribution in [1.29, 1.82) is 0 Å². The Balaban J connectivity index is 1.45. The van der Waals surface area contributed by atoms with Crippen LogP contribution in [-0.4, -0.2) is 42.0 Å². The van der Waals surface area contributed by atoms with Gasteiger partial charge in [0.15, 0.2) is 0 Å². The molecule has 2 nitrogen and oxygen atoms in total. The molecule has 0 radical (unpaired) electrons. The molecule has 2 heteroatoms. The number of hydrogen-bond acceptors (Lipinski definition) is 2. The lowest BCUT2D eigenvalue weighted by Crippen LogP contribution is -2.47. The van der Waals surface area contributed by atoms with Crippen LogP contribution in [-0.2, 0) is 6.54 Å². The highest BCUT2D eigenvalue weighted by atomic mass is 15.2. The van der Waals surface area contributed by atoms with E-state index in [-0.39, 0.29) is 0 Å². The first-order valence-corrected chi connectivity index (χ1v) is 8.31. The molecule has 0 bridgehead atoms. The molecular weight excluding hydrogens is 244 g/mol. The Hall–Kier alpha value is -0.860. The van der Waals surface area contributed by atoms with Crippen molar-refractivity contribution in [1.82, 2.24) is 9.80 Å². The Kier molecular flexibility index (Phi) is 4.74. The molecule has 1 aromatic rings. The summed E-state index contributed by atoms with van der Waals surface area (Å²) >= 11 is 0. The number of hydrogen-bond donors (Lipinski definition) is 0. The molecule has 0 spiro atoms. The molecule has 0 saturated carbocycles. The van der Waals surface area contributed by atoms with Gasteiger partial charge in [-0.25, -0.2) is 0 Å². The lowest BCUT2D eigenvalue weighted by Gasteiger charge is -2.41. The van der Waals surface area contributed by atoms with E-state index < -0.39 is 0 Å². The van der Waals surface area contributed by atoms with Gasteiger partial charge >= 0.3 is 0 Å². The SMILES string of the molecule is CC1CCN(C2CCN(Cc3ccccc3)CC2)CC1. The Labute approximate surface area is 123 Å². The fourth-order valence-corrected chi connectivity index (χ4v) is 3.68. The van der Waals surface area contributed by atoms with Crippen molar-refractivity contribution in [3.8, 4) is 0 Å². The average Bonchev–Trinajstić information content (AvgIpc) is 2.50. The molecule has 2 fully saturated rings. The summed E-state index contributed by atoms with van der Waals surface area (Å²) in [4.78, 5) is 5.39. The van der Waals surface area contributed by atoms with Gasteiger partial charge in [0.1, 0.15) is 0 Å². The van der Waals surface area contributed by atoms with Crippen molar-refractivity contribution in [2.24, 2.45) is 5.92 Å². The van der Waals surface area contributed by atoms with Crippen LogP contribution in [0.1, 0.15) is 38.2 Å². The maximum Gasteiger partial charge on any atom is 0.0233 e. The first-order chi connectivity index (χ1) is 9.81. The zero-order valence-corrected chi connectivity index (χ0v) is 12.8. The summed E-state index contributed by atoms with van der Waals surface area (Å²) in [5, 5.41) is 0. The van der Waals surface area contributed by atoms with Gasteiger partial charge in [0.2, 0.25) is 0 Å². The Bertz CT molecular complexity index is 387. The average molecular weight is 272 g/mol. The van der Waals surface area contributed by atoms with Gasteiger partial charge in [-0.05, 0) is 63.3 Å². The molecule has 0 amide bonds. The minimum Gasteiger partial charge on any atom is -0.300 e. The summed E-state index contributed by atoms with van der Waals surface area (Å²) in [6.07, 6.45) is 5.54. The summed E-state index contributed by atoms with van der Waals surface area (Å²) in [7, 11) is 0. The van der Waals surface area contributed by atoms with E-state index in [1.54, 1.807) is 0 Å². The maximum atomic E-state index is 2.76. The molecule has 1 aromatic carbocycles. The van der Waals surface area contributed by atoms with Gasteiger partial charge in [0.05, 0.1) is 0 Å². The summed E-state index contributed by atoms with van der Waals surface area (Å²) in [5.74, 6) is 0.949. The molecular formula is C18H28N2. The van der Waals surface area contributed by atoms with Crippen LogP contribution >= 0.6 is 0 Å². The van der Waals surface area contributed by atoms with Gasteiger partial charge in [-0.15, -0.1) is 0 Å². The standard InChI is InChI=1S/C18H28N2/c1-16-7-13-20(14-8-16)18-9-11-19(12-10-18)15-17-5-3-2-4-6-17/h2-6,16,18H,7-15H2,1H3. The molecule has 2 saturated heterocycles. The van der Waals surface area contributed by atoms with E-state index in [1.165, 1.54) is 57.4 Å². The molecule has 20 heavy (non-hydrogen) atoms. The van der Waals surface area contributed by atoms with Crippen LogP contribution in [0.25, 0.3) is 0 Å². The Morgan fingerprint density at radius 1 is 0.900 bits per heavy atom. The van der Waals surface area contributed by atoms with E-state index in [1.807, 2.05) is 0 Å². The highest BCUT2D eigenvalue weighted by molar-refractivity contribution is 5.14. The van der Waals surface area contributed by atoms with Gasteiger partial charge in [-0.1, -0.05) is 37.3 Å². The molecule has 110 valence electrons. The van der Waals surface area contributed by atoms with E-state index in [0.717, 1.165) is 18.5 Å². The Morgan fingerprint density at radius 2 is 1.55 bits per heavy atom. The molecule has 2 aliphatic rings. The van der Waals surface area contributed by atoms with Crippen molar-refractivity contribution in [3.05, 3.63) is 35.9 Å². The lowest BCUT2D eigenvalue weighted by molar-refractivity contribution is 0.0779. The summed E-state index contributed by atoms with van der Waals surface area (Å²) in [5.41, 5.74) is 1.46. The van der Waals surface area contributed by atoms with E-state index in [0.29, 0.717) is 0 Å². The summed E-state index contributed by atoms with van der Waals surface area (Å²) in [6, 6.07) is 11.8. The smallest absolute Gasteiger partial charge is 0.0233 e. The van der Waals surface area contributed by atoms with E-state index in [2.05, 4.69) is 47.1 Å². The minimum atomic E-state index is 0.856. The molecule has 3 rings (SSSR count).